The van der Waals surface area contributed by atoms with Crippen LogP contribution in [0.25, 0.3) is 0 Å². The third kappa shape index (κ3) is 6.68. The van der Waals surface area contributed by atoms with Crippen molar-refractivity contribution in [2.45, 2.75) is 52.6 Å². The molecule has 5 N–H and O–H groups in total. The molecule has 1 aliphatic rings. The van der Waals surface area contributed by atoms with Crippen molar-refractivity contribution < 1.29 is 24.6 Å². The lowest BCUT2D eigenvalue weighted by Gasteiger charge is -2.19. The largest absolute Gasteiger partial charge is 0.492 e. The van der Waals surface area contributed by atoms with E-state index < -0.39 is 11.5 Å². The van der Waals surface area contributed by atoms with Crippen molar-refractivity contribution in [2.75, 3.05) is 13.2 Å². The van der Waals surface area contributed by atoms with Crippen molar-refractivity contribution in [1.82, 2.24) is 10.6 Å². The third-order valence-corrected chi connectivity index (χ3v) is 4.66. The minimum Gasteiger partial charge on any atom is -0.492 e. The Kier molecular flexibility index (Phi) is 7.99. The van der Waals surface area contributed by atoms with Gasteiger partial charge in [0.1, 0.15) is 5.76 Å². The van der Waals surface area contributed by atoms with Gasteiger partial charge >= 0.3 is 11.6 Å². The van der Waals surface area contributed by atoms with E-state index in [4.69, 9.17) is 10.1 Å². The maximum Gasteiger partial charge on any atom is 0.325 e. The lowest BCUT2D eigenvalue weighted by atomic mass is 10.0. The molecule has 0 atom stereocenters. The van der Waals surface area contributed by atoms with E-state index in [1.165, 1.54) is 6.07 Å². The zero-order valence-electron chi connectivity index (χ0n) is 18.8. The van der Waals surface area contributed by atoms with E-state index in [0.717, 1.165) is 4.73 Å². The monoisotopic (exact) mass is 429 g/mol. The van der Waals surface area contributed by atoms with Crippen molar-refractivity contribution in [3.63, 3.8) is 0 Å². The molecule has 0 spiro atoms. The number of carbonyl (C=O) groups is 1. The van der Waals surface area contributed by atoms with Crippen LogP contribution in [-0.2, 0) is 4.74 Å². The molecule has 1 aliphatic carbocycles. The number of nitrogens with zero attached hydrogens (tertiary/aromatic N) is 1. The summed E-state index contributed by atoms with van der Waals surface area (Å²) >= 11 is 0. The van der Waals surface area contributed by atoms with E-state index in [-0.39, 0.29) is 17.3 Å². The fraction of sp³-hybridized carbons (Fsp3) is 0.435. The van der Waals surface area contributed by atoms with Crippen molar-refractivity contribution in [3.8, 4) is 0 Å². The standard InChI is InChI=1S/C23H32N4O4/c1-6-31-21-13-17(24)16(14-25-11-10-23(4,5)29)12-18(21)26-22(28)20-9-7-8-19(15(2)3)27(20)30/h7-9,12-15,24,28-30H,6,10-11H2,1-5H3/p+1. The van der Waals surface area contributed by atoms with Gasteiger partial charge in [-0.05, 0) is 39.3 Å². The van der Waals surface area contributed by atoms with Gasteiger partial charge < -0.3 is 25.9 Å². The van der Waals surface area contributed by atoms with Gasteiger partial charge in [-0.3, -0.25) is 10.0 Å². The van der Waals surface area contributed by atoms with E-state index in [2.05, 4.69) is 10.6 Å². The minimum absolute atomic E-state index is 0.0375. The fourth-order valence-corrected chi connectivity index (χ4v) is 2.96. The van der Waals surface area contributed by atoms with Crippen LogP contribution in [0.4, 0.5) is 0 Å². The molecule has 8 heteroatoms. The van der Waals surface area contributed by atoms with Crippen LogP contribution in [0.15, 0.2) is 53.6 Å². The van der Waals surface area contributed by atoms with Gasteiger partial charge in [-0.15, -0.1) is 0 Å². The molecule has 0 saturated carbocycles. The Balaban J connectivity index is 2.26. The van der Waals surface area contributed by atoms with Gasteiger partial charge in [0.05, 0.1) is 23.6 Å². The molecule has 8 nitrogen and oxygen atoms in total. The number of allylic oxidation sites excluding steroid dienone is 3. The molecule has 1 heterocycles. The summed E-state index contributed by atoms with van der Waals surface area (Å²) in [6.45, 7) is 10.0. The number of amides is 1. The molecule has 1 aromatic rings. The van der Waals surface area contributed by atoms with Crippen LogP contribution < -0.4 is 15.4 Å². The third-order valence-electron chi connectivity index (χ3n) is 4.66. The molecular formula is C23H33N4O4+. The Hall–Kier alpha value is -3.13. The van der Waals surface area contributed by atoms with Crippen LogP contribution in [0.5, 0.6) is 0 Å². The first-order chi connectivity index (χ1) is 14.5. The molecular weight excluding hydrogens is 396 g/mol. The molecule has 168 valence electrons. The van der Waals surface area contributed by atoms with E-state index in [0.29, 0.717) is 42.3 Å². The van der Waals surface area contributed by atoms with Crippen LogP contribution in [0, 0.1) is 5.41 Å². The van der Waals surface area contributed by atoms with Gasteiger partial charge in [-0.2, -0.15) is 0 Å². The number of nitrogens with one attached hydrogen (secondary N) is 3. The summed E-state index contributed by atoms with van der Waals surface area (Å²) in [6.07, 6.45) is 5.40. The fourth-order valence-electron chi connectivity index (χ4n) is 2.96. The highest BCUT2D eigenvalue weighted by atomic mass is 16.5. The van der Waals surface area contributed by atoms with E-state index in [1.54, 1.807) is 44.3 Å². The van der Waals surface area contributed by atoms with Crippen molar-refractivity contribution in [1.29, 1.82) is 5.41 Å². The lowest BCUT2D eigenvalue weighted by molar-refractivity contribution is -0.911. The van der Waals surface area contributed by atoms with E-state index in [1.807, 2.05) is 20.8 Å². The summed E-state index contributed by atoms with van der Waals surface area (Å²) in [5.74, 6) is -0.0841. The number of ether oxygens (including phenoxy) is 1. The molecule has 2 rings (SSSR count). The molecule has 1 amide bonds. The first-order valence-corrected chi connectivity index (χ1v) is 10.4. The predicted octanol–water partition coefficient (Wildman–Crippen LogP) is 2.54. The van der Waals surface area contributed by atoms with Crippen molar-refractivity contribution in [3.05, 3.63) is 65.0 Å². The number of hydrogen-bond acceptors (Lipinski definition) is 6. The quantitative estimate of drug-likeness (QED) is 0.235. The zero-order chi connectivity index (χ0) is 23.2. The molecule has 0 aliphatic heterocycles. The zero-order valence-corrected chi connectivity index (χ0v) is 18.8. The summed E-state index contributed by atoms with van der Waals surface area (Å²) in [4.78, 5) is 12.9. The van der Waals surface area contributed by atoms with Crippen LogP contribution in [0.2, 0.25) is 0 Å². The molecule has 0 bridgehead atoms. The van der Waals surface area contributed by atoms with Gasteiger partial charge in [-0.1, -0.05) is 13.8 Å². The maximum absolute atomic E-state index is 12.9. The van der Waals surface area contributed by atoms with Crippen molar-refractivity contribution in [2.24, 2.45) is 0 Å². The van der Waals surface area contributed by atoms with Crippen LogP contribution in [0.1, 0.15) is 63.1 Å². The summed E-state index contributed by atoms with van der Waals surface area (Å²) in [6, 6.07) is 5.01. The van der Waals surface area contributed by atoms with Crippen LogP contribution in [-0.4, -0.2) is 40.7 Å². The number of hydrogen-bond donors (Lipinski definition) is 5. The number of pyridine rings is 1. The Morgan fingerprint density at radius 1 is 1.32 bits per heavy atom. The highest BCUT2D eigenvalue weighted by Gasteiger charge is 2.27. The summed E-state index contributed by atoms with van der Waals surface area (Å²) in [5.41, 5.74) is 1.11. The van der Waals surface area contributed by atoms with Crippen LogP contribution >= 0.6 is 0 Å². The predicted molar refractivity (Wildman–Crippen MR) is 118 cm³/mol. The van der Waals surface area contributed by atoms with E-state index in [9.17, 15) is 15.1 Å². The Labute approximate surface area is 183 Å². The second kappa shape index (κ2) is 10.3. The SMILES string of the molecule is CCOC1=CC(=N)/C(=C\NCCC(C)(C)O)C=C1NC(=O)c1cccc(C(C)C)[n+]1O. The lowest BCUT2D eigenvalue weighted by Crippen LogP contribution is -2.45. The molecule has 0 fully saturated rings. The Morgan fingerprint density at radius 2 is 2.03 bits per heavy atom. The number of aliphatic hydroxyl groups is 1. The van der Waals surface area contributed by atoms with Crippen LogP contribution in [0.3, 0.4) is 0 Å². The molecule has 1 aromatic heterocycles. The summed E-state index contributed by atoms with van der Waals surface area (Å²) in [5, 5.41) is 34.4. The summed E-state index contributed by atoms with van der Waals surface area (Å²) < 4.78 is 6.49. The Morgan fingerprint density at radius 3 is 2.65 bits per heavy atom. The average molecular weight is 430 g/mol. The molecule has 0 unspecified atom stereocenters. The first kappa shape index (κ1) is 24.1. The van der Waals surface area contributed by atoms with Crippen molar-refractivity contribution >= 4 is 11.6 Å². The van der Waals surface area contributed by atoms with Gasteiger partial charge in [0, 0.05) is 47.2 Å². The average Bonchev–Trinajstić information content (AvgIpc) is 2.67. The second-order valence-electron chi connectivity index (χ2n) is 8.29. The Bertz CT molecular complexity index is 924. The van der Waals surface area contributed by atoms with Gasteiger partial charge in [0.2, 0.25) is 5.69 Å². The van der Waals surface area contributed by atoms with Gasteiger partial charge in [-0.25, -0.2) is 0 Å². The molecule has 31 heavy (non-hydrogen) atoms. The number of rotatable bonds is 9. The second-order valence-corrected chi connectivity index (χ2v) is 8.29. The first-order valence-electron chi connectivity index (χ1n) is 10.4. The molecule has 0 aromatic carbocycles. The van der Waals surface area contributed by atoms with Gasteiger partial charge in [0.25, 0.3) is 0 Å². The summed E-state index contributed by atoms with van der Waals surface area (Å²) in [7, 11) is 0. The molecule has 0 saturated heterocycles. The van der Waals surface area contributed by atoms with E-state index >= 15 is 0 Å². The maximum atomic E-state index is 12.9. The van der Waals surface area contributed by atoms with Gasteiger partial charge in [0.15, 0.2) is 0 Å². The normalized spacial score (nSPS) is 15.6. The topological polar surface area (TPSA) is 119 Å². The minimum atomic E-state index is -0.785. The number of carbonyl (C=O) groups excluding carboxylic acids is 1. The number of aromatic nitrogens is 1. The smallest absolute Gasteiger partial charge is 0.325 e. The highest BCUT2D eigenvalue weighted by molar-refractivity contribution is 6.10. The highest BCUT2D eigenvalue weighted by Crippen LogP contribution is 2.20. The molecule has 0 radical (unpaired) electrons.